The third-order valence-electron chi connectivity index (χ3n) is 2.53. The molecule has 94 valence electrons. The van der Waals surface area contributed by atoms with E-state index in [9.17, 15) is 5.11 Å². The number of nitrogens with zero attached hydrogens (tertiary/aromatic N) is 3. The molecule has 2 heterocycles. The molecule has 0 amide bonds. The summed E-state index contributed by atoms with van der Waals surface area (Å²) in [6.45, 7) is 3.47. The van der Waals surface area contributed by atoms with Crippen LogP contribution in [0.1, 0.15) is 5.56 Å². The first-order chi connectivity index (χ1) is 9.24. The van der Waals surface area contributed by atoms with Crippen LogP contribution in [0, 0.1) is 0 Å². The van der Waals surface area contributed by atoms with E-state index in [-0.39, 0.29) is 11.6 Å². The second kappa shape index (κ2) is 4.41. The van der Waals surface area contributed by atoms with Gasteiger partial charge in [0.1, 0.15) is 5.76 Å². The van der Waals surface area contributed by atoms with Gasteiger partial charge in [-0.3, -0.25) is 0 Å². The summed E-state index contributed by atoms with van der Waals surface area (Å²) < 4.78 is 10.0. The maximum atomic E-state index is 9.37. The number of hydrogen-bond donors (Lipinski definition) is 1. The molecule has 0 aliphatic carbocycles. The molecule has 3 rings (SSSR count). The van der Waals surface area contributed by atoms with Crippen molar-refractivity contribution in [2.45, 2.75) is 0 Å². The van der Waals surface area contributed by atoms with Crippen LogP contribution in [-0.4, -0.2) is 20.4 Å². The van der Waals surface area contributed by atoms with Crippen molar-refractivity contribution in [1.82, 2.24) is 15.3 Å². The fraction of sp³-hybridized carbons (Fsp3) is 0. The minimum Gasteiger partial charge on any atom is -0.508 e. The topological polar surface area (TPSA) is 85.2 Å². The first kappa shape index (κ1) is 11.2. The van der Waals surface area contributed by atoms with E-state index in [1.54, 1.807) is 24.3 Å². The smallest absolute Gasteiger partial charge is 0.296 e. The zero-order valence-electron chi connectivity index (χ0n) is 9.78. The van der Waals surface area contributed by atoms with Gasteiger partial charge in [-0.2, -0.15) is 4.98 Å². The van der Waals surface area contributed by atoms with Crippen LogP contribution in [0.3, 0.4) is 0 Å². The summed E-state index contributed by atoms with van der Waals surface area (Å²) in [5, 5.41) is 16.8. The molecule has 0 saturated carbocycles. The van der Waals surface area contributed by atoms with Gasteiger partial charge in [-0.25, -0.2) is 0 Å². The van der Waals surface area contributed by atoms with Crippen molar-refractivity contribution < 1.29 is 14.2 Å². The molecule has 0 aliphatic heterocycles. The molecule has 0 fully saturated rings. The molecule has 0 spiro atoms. The molecule has 0 unspecified atom stereocenters. The summed E-state index contributed by atoms with van der Waals surface area (Å²) in [4.78, 5) is 4.20. The molecule has 0 atom stereocenters. The Balaban J connectivity index is 1.99. The second-order valence-corrected chi connectivity index (χ2v) is 3.83. The third-order valence-corrected chi connectivity index (χ3v) is 2.53. The highest BCUT2D eigenvalue weighted by atomic mass is 16.5. The van der Waals surface area contributed by atoms with Crippen molar-refractivity contribution in [1.29, 1.82) is 0 Å². The minimum absolute atomic E-state index is 0.0131. The number of aliphatic hydroxyl groups excluding tert-OH is 1. The Morgan fingerprint density at radius 1 is 1.21 bits per heavy atom. The monoisotopic (exact) mass is 255 g/mol. The van der Waals surface area contributed by atoms with Crippen LogP contribution < -0.4 is 0 Å². The van der Waals surface area contributed by atoms with Gasteiger partial charge in [0, 0.05) is 17.2 Å². The summed E-state index contributed by atoms with van der Waals surface area (Å²) in [6, 6.07) is 8.67. The predicted molar refractivity (Wildman–Crippen MR) is 66.9 cm³/mol. The average Bonchev–Trinajstić information content (AvgIpc) is 3.09. The normalized spacial score (nSPS) is 10.5. The van der Waals surface area contributed by atoms with E-state index in [4.69, 9.17) is 9.05 Å². The quantitative estimate of drug-likeness (QED) is 0.724. The summed E-state index contributed by atoms with van der Waals surface area (Å²) in [6.07, 6.45) is 1.50. The Bertz CT molecular complexity index is 716. The van der Waals surface area contributed by atoms with Crippen LogP contribution >= 0.6 is 0 Å². The lowest BCUT2D eigenvalue weighted by Gasteiger charge is -1.99. The highest BCUT2D eigenvalue weighted by Crippen LogP contribution is 2.23. The van der Waals surface area contributed by atoms with Crippen molar-refractivity contribution in [2.24, 2.45) is 0 Å². The Morgan fingerprint density at radius 3 is 2.84 bits per heavy atom. The first-order valence-electron chi connectivity index (χ1n) is 5.47. The summed E-state index contributed by atoms with van der Waals surface area (Å²) in [5.41, 5.74) is 1.31. The van der Waals surface area contributed by atoms with Crippen molar-refractivity contribution in [3.63, 3.8) is 0 Å². The van der Waals surface area contributed by atoms with Gasteiger partial charge in [-0.15, -0.1) is 0 Å². The molecule has 0 bridgehead atoms. The van der Waals surface area contributed by atoms with Crippen molar-refractivity contribution in [3.8, 4) is 23.0 Å². The molecule has 6 nitrogen and oxygen atoms in total. The number of benzene rings is 1. The lowest BCUT2D eigenvalue weighted by molar-refractivity contribution is 0.385. The fourth-order valence-electron chi connectivity index (χ4n) is 1.60. The predicted octanol–water partition coefficient (Wildman–Crippen LogP) is 2.92. The van der Waals surface area contributed by atoms with Crippen LogP contribution in [0.15, 0.2) is 52.2 Å². The molecular formula is C13H9N3O3. The lowest BCUT2D eigenvalue weighted by Crippen LogP contribution is -1.85. The zero-order valence-corrected chi connectivity index (χ0v) is 9.78. The number of rotatable bonds is 3. The Labute approximate surface area is 108 Å². The van der Waals surface area contributed by atoms with Gasteiger partial charge in [0.15, 0.2) is 0 Å². The van der Waals surface area contributed by atoms with Crippen molar-refractivity contribution in [3.05, 3.63) is 48.7 Å². The van der Waals surface area contributed by atoms with E-state index in [1.165, 1.54) is 6.20 Å². The Kier molecular flexibility index (Phi) is 2.60. The first-order valence-corrected chi connectivity index (χ1v) is 5.47. The Hall–Kier alpha value is -2.89. The van der Waals surface area contributed by atoms with Crippen LogP contribution in [0.25, 0.3) is 28.8 Å². The zero-order chi connectivity index (χ0) is 13.2. The van der Waals surface area contributed by atoms with Gasteiger partial charge >= 0.3 is 0 Å². The summed E-state index contributed by atoms with van der Waals surface area (Å²) in [5.74, 6) is 1.04. The van der Waals surface area contributed by atoms with Gasteiger partial charge in [-0.1, -0.05) is 35.1 Å². The van der Waals surface area contributed by atoms with E-state index in [0.29, 0.717) is 22.7 Å². The van der Waals surface area contributed by atoms with Crippen molar-refractivity contribution >= 4 is 5.76 Å². The maximum Gasteiger partial charge on any atom is 0.296 e. The average molecular weight is 255 g/mol. The van der Waals surface area contributed by atoms with E-state index in [2.05, 4.69) is 21.9 Å². The second-order valence-electron chi connectivity index (χ2n) is 3.83. The van der Waals surface area contributed by atoms with E-state index < -0.39 is 0 Å². The van der Waals surface area contributed by atoms with Gasteiger partial charge in [0.25, 0.3) is 5.89 Å². The molecule has 19 heavy (non-hydrogen) atoms. The van der Waals surface area contributed by atoms with Gasteiger partial charge in [0.2, 0.25) is 11.6 Å². The molecule has 1 aromatic carbocycles. The third kappa shape index (κ3) is 2.11. The molecule has 3 aromatic rings. The largest absolute Gasteiger partial charge is 0.508 e. The SMILES string of the molecule is C=C(O)c1cccc(-c2noc(-c3ccno3)n2)c1. The molecular weight excluding hydrogens is 246 g/mol. The van der Waals surface area contributed by atoms with E-state index >= 15 is 0 Å². The van der Waals surface area contributed by atoms with Crippen LogP contribution in [0.2, 0.25) is 0 Å². The molecule has 0 radical (unpaired) electrons. The van der Waals surface area contributed by atoms with Gasteiger partial charge in [0.05, 0.1) is 6.20 Å². The highest BCUT2D eigenvalue weighted by Gasteiger charge is 2.13. The standard InChI is InChI=1S/C13H9N3O3/c1-8(17)9-3-2-4-10(7-9)12-15-13(19-16-12)11-5-6-14-18-11/h2-7,17H,1H2. The molecule has 2 aromatic heterocycles. The van der Waals surface area contributed by atoms with Gasteiger partial charge in [-0.05, 0) is 6.07 Å². The molecule has 1 N–H and O–H groups in total. The van der Waals surface area contributed by atoms with Crippen molar-refractivity contribution in [2.75, 3.05) is 0 Å². The fourth-order valence-corrected chi connectivity index (χ4v) is 1.60. The summed E-state index contributed by atoms with van der Waals surface area (Å²) in [7, 11) is 0. The van der Waals surface area contributed by atoms with E-state index in [1.807, 2.05) is 6.07 Å². The number of hydrogen-bond acceptors (Lipinski definition) is 6. The molecule has 0 aliphatic rings. The minimum atomic E-state index is -0.0131. The highest BCUT2D eigenvalue weighted by molar-refractivity contribution is 5.65. The number of aromatic nitrogens is 3. The lowest BCUT2D eigenvalue weighted by atomic mass is 10.1. The van der Waals surface area contributed by atoms with Crippen LogP contribution in [0.4, 0.5) is 0 Å². The van der Waals surface area contributed by atoms with Crippen LogP contribution in [0.5, 0.6) is 0 Å². The van der Waals surface area contributed by atoms with Gasteiger partial charge < -0.3 is 14.2 Å². The maximum absolute atomic E-state index is 9.37. The molecule has 6 heteroatoms. The molecule has 0 saturated heterocycles. The van der Waals surface area contributed by atoms with E-state index in [0.717, 1.165) is 0 Å². The van der Waals surface area contributed by atoms with Crippen LogP contribution in [-0.2, 0) is 0 Å². The Morgan fingerprint density at radius 2 is 2.11 bits per heavy atom. The number of aliphatic hydroxyl groups is 1. The summed E-state index contributed by atoms with van der Waals surface area (Å²) >= 11 is 0.